The van der Waals surface area contributed by atoms with Crippen LogP contribution in [0.1, 0.15) is 41.5 Å². The molecule has 1 heterocycles. The molecule has 0 bridgehead atoms. The van der Waals surface area contributed by atoms with Crippen molar-refractivity contribution >= 4 is 32.4 Å². The molecule has 2 nitrogen and oxygen atoms in total. The van der Waals surface area contributed by atoms with Crippen molar-refractivity contribution in [3.05, 3.63) is 44.4 Å². The van der Waals surface area contributed by atoms with Crippen molar-refractivity contribution in [3.8, 4) is 0 Å². The van der Waals surface area contributed by atoms with Gasteiger partial charge in [0, 0.05) is 15.8 Å². The van der Waals surface area contributed by atoms with Crippen LogP contribution in [-0.2, 0) is 6.42 Å². The fourth-order valence-corrected chi connectivity index (χ4v) is 3.37. The van der Waals surface area contributed by atoms with E-state index in [0.717, 1.165) is 16.6 Å². The Labute approximate surface area is 120 Å². The summed E-state index contributed by atoms with van der Waals surface area (Å²) >= 11 is 5.21. The number of aryl methyl sites for hydroxylation is 1. The zero-order valence-corrected chi connectivity index (χ0v) is 13.2. The Balaban J connectivity index is 2.36. The van der Waals surface area contributed by atoms with E-state index in [-0.39, 0.29) is 0 Å². The fraction of sp³-hybridized carbons (Fsp3) is 0.357. The topological polar surface area (TPSA) is 38.9 Å². The molecule has 18 heavy (non-hydrogen) atoms. The number of hydrogen-bond acceptors (Lipinski definition) is 3. The van der Waals surface area contributed by atoms with E-state index in [0.29, 0.717) is 11.0 Å². The van der Waals surface area contributed by atoms with Gasteiger partial charge < -0.3 is 5.73 Å². The Kier molecular flexibility index (Phi) is 4.07. The quantitative estimate of drug-likeness (QED) is 0.902. The summed E-state index contributed by atoms with van der Waals surface area (Å²) in [6.45, 7) is 6.42. The van der Waals surface area contributed by atoms with Crippen molar-refractivity contribution in [2.24, 2.45) is 0 Å². The molecule has 96 valence electrons. The lowest BCUT2D eigenvalue weighted by molar-refractivity contribution is 0.820. The largest absolute Gasteiger partial charge is 0.375 e. The predicted molar refractivity (Wildman–Crippen MR) is 82.3 cm³/mol. The van der Waals surface area contributed by atoms with Crippen LogP contribution in [0.4, 0.5) is 5.13 Å². The molecule has 0 atom stereocenters. The Bertz CT molecular complexity index is 561. The molecule has 0 saturated heterocycles. The van der Waals surface area contributed by atoms with Crippen LogP contribution in [-0.4, -0.2) is 4.98 Å². The second-order valence-corrected chi connectivity index (χ2v) is 6.76. The summed E-state index contributed by atoms with van der Waals surface area (Å²) in [6, 6.07) is 6.42. The van der Waals surface area contributed by atoms with Crippen LogP contribution in [0.5, 0.6) is 0 Å². The molecule has 4 heteroatoms. The van der Waals surface area contributed by atoms with Gasteiger partial charge in [0.25, 0.3) is 0 Å². The van der Waals surface area contributed by atoms with Gasteiger partial charge in [-0.15, -0.1) is 11.3 Å². The van der Waals surface area contributed by atoms with E-state index >= 15 is 0 Å². The molecule has 0 fully saturated rings. The average molecular weight is 325 g/mol. The summed E-state index contributed by atoms with van der Waals surface area (Å²) in [4.78, 5) is 5.71. The summed E-state index contributed by atoms with van der Waals surface area (Å²) in [7, 11) is 0. The molecule has 2 aromatic rings. The van der Waals surface area contributed by atoms with E-state index in [4.69, 9.17) is 5.73 Å². The maximum atomic E-state index is 5.83. The molecule has 0 unspecified atom stereocenters. The lowest BCUT2D eigenvalue weighted by Crippen LogP contribution is -1.96. The molecular formula is C14H17BrN2S. The third kappa shape index (κ3) is 2.93. The summed E-state index contributed by atoms with van der Waals surface area (Å²) in [6.07, 6.45) is 0.893. The van der Waals surface area contributed by atoms with Gasteiger partial charge in [-0.1, -0.05) is 47.5 Å². The van der Waals surface area contributed by atoms with Crippen LogP contribution in [0, 0.1) is 6.92 Å². The Morgan fingerprint density at radius 3 is 2.78 bits per heavy atom. The van der Waals surface area contributed by atoms with E-state index in [2.05, 4.69) is 59.9 Å². The first-order valence-corrected chi connectivity index (χ1v) is 7.58. The molecule has 0 aliphatic carbocycles. The number of halogens is 1. The number of anilines is 1. The molecule has 1 aromatic heterocycles. The van der Waals surface area contributed by atoms with Crippen LogP contribution >= 0.6 is 27.3 Å². The Hall–Kier alpha value is -0.870. The molecule has 2 rings (SSSR count). The SMILES string of the molecule is Cc1ccc(Br)c(Cc2sc(N)nc2C(C)C)c1. The van der Waals surface area contributed by atoms with Gasteiger partial charge >= 0.3 is 0 Å². The van der Waals surface area contributed by atoms with E-state index < -0.39 is 0 Å². The molecule has 0 amide bonds. The summed E-state index contributed by atoms with van der Waals surface area (Å²) in [5.41, 5.74) is 9.53. The van der Waals surface area contributed by atoms with Crippen LogP contribution in [0.3, 0.4) is 0 Å². The zero-order chi connectivity index (χ0) is 13.3. The van der Waals surface area contributed by atoms with Crippen molar-refractivity contribution in [3.63, 3.8) is 0 Å². The molecule has 1 aromatic carbocycles. The molecule has 2 N–H and O–H groups in total. The summed E-state index contributed by atoms with van der Waals surface area (Å²) in [5, 5.41) is 0.664. The lowest BCUT2D eigenvalue weighted by atomic mass is 10.0. The number of nitrogens with two attached hydrogens (primary N) is 1. The van der Waals surface area contributed by atoms with Gasteiger partial charge in [0.2, 0.25) is 0 Å². The van der Waals surface area contributed by atoms with Crippen molar-refractivity contribution in [1.29, 1.82) is 0 Å². The maximum Gasteiger partial charge on any atom is 0.180 e. The lowest BCUT2D eigenvalue weighted by Gasteiger charge is -2.08. The number of nitrogen functional groups attached to an aromatic ring is 1. The molecular weight excluding hydrogens is 308 g/mol. The van der Waals surface area contributed by atoms with Gasteiger partial charge in [0.15, 0.2) is 5.13 Å². The van der Waals surface area contributed by atoms with Gasteiger partial charge in [-0.05, 0) is 24.5 Å². The Morgan fingerprint density at radius 2 is 2.11 bits per heavy atom. The minimum atomic E-state index is 0.414. The summed E-state index contributed by atoms with van der Waals surface area (Å²) < 4.78 is 1.15. The van der Waals surface area contributed by atoms with Crippen LogP contribution < -0.4 is 5.73 Å². The highest BCUT2D eigenvalue weighted by atomic mass is 79.9. The Morgan fingerprint density at radius 1 is 1.39 bits per heavy atom. The van der Waals surface area contributed by atoms with Crippen molar-refractivity contribution in [2.45, 2.75) is 33.1 Å². The van der Waals surface area contributed by atoms with Crippen LogP contribution in [0.15, 0.2) is 22.7 Å². The first kappa shape index (κ1) is 13.6. The fourth-order valence-electron chi connectivity index (χ4n) is 1.97. The second kappa shape index (κ2) is 5.41. The molecule has 0 spiro atoms. The van der Waals surface area contributed by atoms with Crippen molar-refractivity contribution in [1.82, 2.24) is 4.98 Å². The number of aromatic nitrogens is 1. The van der Waals surface area contributed by atoms with Gasteiger partial charge in [0.1, 0.15) is 0 Å². The normalized spacial score (nSPS) is 11.2. The molecule has 0 aliphatic heterocycles. The van der Waals surface area contributed by atoms with E-state index in [1.165, 1.54) is 16.0 Å². The van der Waals surface area contributed by atoms with E-state index in [1.807, 2.05) is 0 Å². The first-order valence-electron chi connectivity index (χ1n) is 5.97. The monoisotopic (exact) mass is 324 g/mol. The number of rotatable bonds is 3. The first-order chi connectivity index (χ1) is 8.47. The van der Waals surface area contributed by atoms with Crippen LogP contribution in [0.25, 0.3) is 0 Å². The standard InChI is InChI=1S/C14H17BrN2S/c1-8(2)13-12(18-14(16)17-13)7-10-6-9(3)4-5-11(10)15/h4-6,8H,7H2,1-3H3,(H2,16,17). The maximum absolute atomic E-state index is 5.83. The zero-order valence-electron chi connectivity index (χ0n) is 10.8. The van der Waals surface area contributed by atoms with Crippen molar-refractivity contribution in [2.75, 3.05) is 5.73 Å². The predicted octanol–water partition coefficient (Wildman–Crippen LogP) is 4.51. The molecule has 0 radical (unpaired) electrons. The summed E-state index contributed by atoms with van der Waals surface area (Å²) in [5.74, 6) is 0.414. The van der Waals surface area contributed by atoms with Gasteiger partial charge in [-0.25, -0.2) is 4.98 Å². The minimum Gasteiger partial charge on any atom is -0.375 e. The van der Waals surface area contributed by atoms with Gasteiger partial charge in [0.05, 0.1) is 5.69 Å². The van der Waals surface area contributed by atoms with Gasteiger partial charge in [-0.2, -0.15) is 0 Å². The minimum absolute atomic E-state index is 0.414. The number of hydrogen-bond donors (Lipinski definition) is 1. The van der Waals surface area contributed by atoms with Gasteiger partial charge in [-0.3, -0.25) is 0 Å². The molecule has 0 saturated carbocycles. The van der Waals surface area contributed by atoms with Crippen molar-refractivity contribution < 1.29 is 0 Å². The van der Waals surface area contributed by atoms with E-state index in [9.17, 15) is 0 Å². The highest BCUT2D eigenvalue weighted by molar-refractivity contribution is 9.10. The number of nitrogens with zero attached hydrogens (tertiary/aromatic N) is 1. The number of thiazole rings is 1. The van der Waals surface area contributed by atoms with E-state index in [1.54, 1.807) is 11.3 Å². The third-order valence-electron chi connectivity index (χ3n) is 2.84. The highest BCUT2D eigenvalue weighted by Gasteiger charge is 2.14. The third-order valence-corrected chi connectivity index (χ3v) is 4.52. The highest BCUT2D eigenvalue weighted by Crippen LogP contribution is 2.31. The second-order valence-electron chi connectivity index (χ2n) is 4.79. The smallest absolute Gasteiger partial charge is 0.180 e. The van der Waals surface area contributed by atoms with Crippen LogP contribution in [0.2, 0.25) is 0 Å². The molecule has 0 aliphatic rings. The average Bonchev–Trinajstić information content (AvgIpc) is 2.65. The number of benzene rings is 1.